The molecule has 130 valence electrons. The Morgan fingerprint density at radius 2 is 2.09 bits per heavy atom. The predicted octanol–water partition coefficient (Wildman–Crippen LogP) is 0.770. The van der Waals surface area contributed by atoms with E-state index in [9.17, 15) is 22.0 Å². The number of thiophene rings is 1. The first-order chi connectivity index (χ1) is 10.9. The first-order valence-corrected chi connectivity index (χ1v) is 9.66. The zero-order valence-electron chi connectivity index (χ0n) is 12.4. The zero-order valence-corrected chi connectivity index (χ0v) is 14.1. The Morgan fingerprint density at radius 1 is 1.39 bits per heavy atom. The average molecular weight is 367 g/mol. The van der Waals surface area contributed by atoms with Gasteiger partial charge < -0.3 is 15.5 Å². The molecule has 1 aliphatic rings. The molecule has 10 heteroatoms. The number of nitrogens with zero attached hydrogens (tertiary/aromatic N) is 1. The number of alkyl halides is 2. The quantitative estimate of drug-likeness (QED) is 0.696. The average Bonchev–Trinajstić information content (AvgIpc) is 3.02. The number of nitrogens with one attached hydrogen (secondary N) is 2. The minimum atomic E-state index is -4.76. The van der Waals surface area contributed by atoms with Gasteiger partial charge in [0, 0.05) is 32.7 Å². The van der Waals surface area contributed by atoms with Gasteiger partial charge in [-0.2, -0.15) is 8.78 Å². The topological polar surface area (TPSA) is 78.5 Å². The summed E-state index contributed by atoms with van der Waals surface area (Å²) in [4.78, 5) is 13.5. The van der Waals surface area contributed by atoms with Crippen LogP contribution in [0.1, 0.15) is 16.1 Å². The predicted molar refractivity (Wildman–Crippen MR) is 83.8 cm³/mol. The lowest BCUT2D eigenvalue weighted by Crippen LogP contribution is -2.44. The van der Waals surface area contributed by atoms with Gasteiger partial charge in [-0.05, 0) is 24.4 Å². The van der Waals surface area contributed by atoms with Gasteiger partial charge in [-0.15, -0.1) is 11.3 Å². The van der Waals surface area contributed by atoms with Crippen LogP contribution in [0, 0.1) is 0 Å². The number of halogens is 2. The van der Waals surface area contributed by atoms with Gasteiger partial charge in [-0.25, -0.2) is 8.42 Å². The second-order valence-electron chi connectivity index (χ2n) is 5.12. The van der Waals surface area contributed by atoms with Crippen molar-refractivity contribution in [2.45, 2.75) is 17.1 Å². The van der Waals surface area contributed by atoms with Gasteiger partial charge in [-0.1, -0.05) is 0 Å². The second kappa shape index (κ2) is 8.13. The van der Waals surface area contributed by atoms with Crippen LogP contribution in [0.3, 0.4) is 0 Å². The molecule has 0 bridgehead atoms. The number of rotatable bonds is 7. The van der Waals surface area contributed by atoms with E-state index in [0.29, 0.717) is 13.0 Å². The van der Waals surface area contributed by atoms with Crippen molar-refractivity contribution in [3.05, 3.63) is 16.3 Å². The molecule has 0 aromatic carbocycles. The number of hydrogen-bond acceptors (Lipinski definition) is 6. The van der Waals surface area contributed by atoms with E-state index >= 15 is 0 Å². The summed E-state index contributed by atoms with van der Waals surface area (Å²) in [5, 5.41) is 7.16. The van der Waals surface area contributed by atoms with E-state index in [1.54, 1.807) is 0 Å². The summed E-state index contributed by atoms with van der Waals surface area (Å²) >= 11 is 0.845. The fraction of sp³-hybridized carbons (Fsp3) is 0.615. The van der Waals surface area contributed by atoms with Crippen molar-refractivity contribution in [2.75, 3.05) is 39.3 Å². The monoisotopic (exact) mass is 367 g/mol. The summed E-state index contributed by atoms with van der Waals surface area (Å²) in [5.41, 5.74) is 0. The highest BCUT2D eigenvalue weighted by atomic mass is 32.2. The molecule has 1 fully saturated rings. The van der Waals surface area contributed by atoms with Crippen molar-refractivity contribution in [2.24, 2.45) is 0 Å². The normalized spacial score (nSPS) is 16.7. The lowest BCUT2D eigenvalue weighted by atomic mass is 10.3. The Kier molecular flexibility index (Phi) is 6.45. The van der Waals surface area contributed by atoms with Crippen LogP contribution in [0.25, 0.3) is 0 Å². The fourth-order valence-corrected chi connectivity index (χ4v) is 4.39. The molecule has 1 saturated heterocycles. The molecule has 0 saturated carbocycles. The molecule has 0 unspecified atom stereocenters. The van der Waals surface area contributed by atoms with Crippen LogP contribution < -0.4 is 10.6 Å². The number of carbonyl (C=O) groups is 1. The SMILES string of the molecule is O=C(NCCCN1CCNCC1)c1sccc1S(=O)(=O)C(F)F. The van der Waals surface area contributed by atoms with Crippen molar-refractivity contribution in [3.63, 3.8) is 0 Å². The van der Waals surface area contributed by atoms with E-state index in [1.165, 1.54) is 5.38 Å². The lowest BCUT2D eigenvalue weighted by Gasteiger charge is -2.27. The molecule has 2 rings (SSSR count). The number of amides is 1. The Morgan fingerprint density at radius 3 is 2.74 bits per heavy atom. The Hall–Kier alpha value is -1.10. The van der Waals surface area contributed by atoms with Crippen LogP contribution in [0.5, 0.6) is 0 Å². The maximum Gasteiger partial charge on any atom is 0.341 e. The number of hydrogen-bond donors (Lipinski definition) is 2. The van der Waals surface area contributed by atoms with Gasteiger partial charge in [0.05, 0.1) is 4.90 Å². The second-order valence-corrected chi connectivity index (χ2v) is 7.92. The van der Waals surface area contributed by atoms with Crippen LogP contribution in [0.4, 0.5) is 8.78 Å². The summed E-state index contributed by atoms with van der Waals surface area (Å²) in [6, 6.07) is 1.04. The van der Waals surface area contributed by atoms with Gasteiger partial charge in [0.25, 0.3) is 5.91 Å². The standard InChI is InChI=1S/C13H19F2N3O3S2/c14-13(15)23(20,21)10-2-9-22-11(10)12(19)17-3-1-6-18-7-4-16-5-8-18/h2,9,13,16H,1,3-8H2,(H,17,19). The third kappa shape index (κ3) is 4.69. The smallest absolute Gasteiger partial charge is 0.341 e. The Labute approximate surface area is 137 Å². The van der Waals surface area contributed by atoms with E-state index in [2.05, 4.69) is 15.5 Å². The van der Waals surface area contributed by atoms with Gasteiger partial charge in [0.15, 0.2) is 0 Å². The number of sulfone groups is 1. The molecule has 6 nitrogen and oxygen atoms in total. The molecular weight excluding hydrogens is 348 g/mol. The molecule has 0 atom stereocenters. The highest BCUT2D eigenvalue weighted by Crippen LogP contribution is 2.26. The number of carbonyl (C=O) groups excluding carboxylic acids is 1. The summed E-state index contributed by atoms with van der Waals surface area (Å²) in [6.45, 7) is 4.99. The maximum absolute atomic E-state index is 12.6. The minimum absolute atomic E-state index is 0.188. The van der Waals surface area contributed by atoms with E-state index in [0.717, 1.165) is 50.1 Å². The first-order valence-electron chi connectivity index (χ1n) is 7.23. The molecule has 0 spiro atoms. The van der Waals surface area contributed by atoms with Crippen molar-refractivity contribution in [1.29, 1.82) is 0 Å². The number of piperazine rings is 1. The van der Waals surface area contributed by atoms with Gasteiger partial charge in [-0.3, -0.25) is 4.79 Å². The summed E-state index contributed by atoms with van der Waals surface area (Å²) in [6.07, 6.45) is 0.716. The van der Waals surface area contributed by atoms with Crippen molar-refractivity contribution in [1.82, 2.24) is 15.5 Å². The van der Waals surface area contributed by atoms with E-state index < -0.39 is 26.4 Å². The highest BCUT2D eigenvalue weighted by molar-refractivity contribution is 7.92. The lowest BCUT2D eigenvalue weighted by molar-refractivity contribution is 0.0952. The first kappa shape index (κ1) is 18.2. The maximum atomic E-state index is 12.6. The zero-order chi connectivity index (χ0) is 16.9. The largest absolute Gasteiger partial charge is 0.351 e. The molecule has 0 aliphatic carbocycles. The van der Waals surface area contributed by atoms with E-state index in [4.69, 9.17) is 0 Å². The van der Waals surface area contributed by atoms with E-state index in [-0.39, 0.29) is 4.88 Å². The molecule has 0 radical (unpaired) electrons. The van der Waals surface area contributed by atoms with E-state index in [1.807, 2.05) is 0 Å². The summed E-state index contributed by atoms with van der Waals surface area (Å²) in [5.74, 6) is -4.16. The Bertz CT molecular complexity index is 628. The van der Waals surface area contributed by atoms with Crippen LogP contribution in [-0.4, -0.2) is 64.3 Å². The van der Waals surface area contributed by atoms with Crippen molar-refractivity contribution in [3.8, 4) is 0 Å². The molecule has 2 N–H and O–H groups in total. The molecule has 1 amide bonds. The highest BCUT2D eigenvalue weighted by Gasteiger charge is 2.32. The molecular formula is C13H19F2N3O3S2. The molecule has 2 heterocycles. The van der Waals surface area contributed by atoms with Gasteiger partial charge in [0.1, 0.15) is 4.88 Å². The van der Waals surface area contributed by atoms with Gasteiger partial charge in [0.2, 0.25) is 9.84 Å². The van der Waals surface area contributed by atoms with Crippen LogP contribution in [0.2, 0.25) is 0 Å². The fourth-order valence-electron chi connectivity index (χ4n) is 2.30. The minimum Gasteiger partial charge on any atom is -0.351 e. The third-order valence-electron chi connectivity index (χ3n) is 3.52. The molecule has 1 aliphatic heterocycles. The Balaban J connectivity index is 1.86. The van der Waals surface area contributed by atoms with Crippen molar-refractivity contribution >= 4 is 27.1 Å². The van der Waals surface area contributed by atoms with Crippen LogP contribution >= 0.6 is 11.3 Å². The third-order valence-corrected chi connectivity index (χ3v) is 5.99. The summed E-state index contributed by atoms with van der Waals surface area (Å²) in [7, 11) is -4.76. The van der Waals surface area contributed by atoms with Gasteiger partial charge >= 0.3 is 5.76 Å². The molecule has 23 heavy (non-hydrogen) atoms. The molecule has 1 aromatic heterocycles. The van der Waals surface area contributed by atoms with Crippen LogP contribution in [0.15, 0.2) is 16.3 Å². The molecule has 1 aromatic rings. The van der Waals surface area contributed by atoms with Crippen molar-refractivity contribution < 1.29 is 22.0 Å². The summed E-state index contributed by atoms with van der Waals surface area (Å²) < 4.78 is 48.2. The van der Waals surface area contributed by atoms with Crippen LogP contribution in [-0.2, 0) is 9.84 Å².